The third kappa shape index (κ3) is 8.00. The van der Waals surface area contributed by atoms with Crippen LogP contribution in [0.5, 0.6) is 0 Å². The molecule has 0 radical (unpaired) electrons. The number of rotatable bonds is 13. The van der Waals surface area contributed by atoms with E-state index in [4.69, 9.17) is 15.0 Å². The van der Waals surface area contributed by atoms with Gasteiger partial charge in [0, 0.05) is 6.54 Å². The molecule has 3 amide bonds. The molecule has 2 fully saturated rings. The predicted molar refractivity (Wildman–Crippen MR) is 177 cm³/mol. The smallest absolute Gasteiger partial charge is 0.388 e. The number of phosphoric ester groups is 2. The Morgan fingerprint density at radius 3 is 2.42 bits per heavy atom. The molecule has 24 nitrogen and oxygen atoms in total. The molecule has 290 valence electrons. The Balaban J connectivity index is 1.04. The predicted octanol–water partition coefficient (Wildman–Crippen LogP) is -2.56. The van der Waals surface area contributed by atoms with Gasteiger partial charge in [0.2, 0.25) is 0 Å². The number of imidazole rings is 1. The van der Waals surface area contributed by atoms with E-state index in [0.717, 1.165) is 17.5 Å². The number of hydrogen-bond acceptors (Lipinski definition) is 19. The number of fused-ring (bicyclic) bond motifs is 3. The number of hydrogen-bond donors (Lipinski definition) is 11. The first-order valence-electron chi connectivity index (χ1n) is 15.8. The van der Waals surface area contributed by atoms with Crippen LogP contribution in [-0.4, -0.2) is 135 Å². The van der Waals surface area contributed by atoms with Gasteiger partial charge >= 0.3 is 21.7 Å². The number of phosphoric acid groups is 2. The van der Waals surface area contributed by atoms with Crippen LogP contribution < -0.4 is 26.6 Å². The summed E-state index contributed by atoms with van der Waals surface area (Å²) in [5.74, 6) is -0.621. The summed E-state index contributed by atoms with van der Waals surface area (Å²) < 4.78 is 45.4. The van der Waals surface area contributed by atoms with Gasteiger partial charge in [-0.15, -0.1) is 0 Å². The van der Waals surface area contributed by atoms with Gasteiger partial charge in [0.15, 0.2) is 17.7 Å². The first-order chi connectivity index (χ1) is 24.9. The lowest BCUT2D eigenvalue weighted by atomic mass is 9.98. The monoisotopic (exact) mass is 789 g/mol. The van der Waals surface area contributed by atoms with Crippen LogP contribution in [0.4, 0.5) is 22.0 Å². The van der Waals surface area contributed by atoms with E-state index < -0.39 is 102 Å². The maximum Gasteiger partial charge on any atom is 0.481 e. The van der Waals surface area contributed by atoms with Gasteiger partial charge < -0.3 is 61.3 Å². The second-order valence-corrected chi connectivity index (χ2v) is 15.5. The number of ether oxygens (including phenoxy) is 1. The number of nitrogen functional groups attached to an aromatic ring is 1. The van der Waals surface area contributed by atoms with Gasteiger partial charge in [-0.1, -0.05) is 0 Å². The van der Waals surface area contributed by atoms with Crippen molar-refractivity contribution in [2.45, 2.75) is 68.9 Å². The van der Waals surface area contributed by atoms with Gasteiger partial charge in [0.25, 0.3) is 5.91 Å². The molecular formula is C27H37N9O15P2. The molecule has 3 aliphatic heterocycles. The van der Waals surface area contributed by atoms with Crippen molar-refractivity contribution in [1.82, 2.24) is 30.2 Å². The Bertz CT molecular complexity index is 1990. The fourth-order valence-corrected chi connectivity index (χ4v) is 8.10. The highest BCUT2D eigenvalue weighted by atomic mass is 31.3. The van der Waals surface area contributed by atoms with E-state index in [0.29, 0.717) is 11.4 Å². The van der Waals surface area contributed by atoms with E-state index in [-0.39, 0.29) is 17.0 Å². The number of nitrogens with two attached hydrogens (primary N) is 1. The largest absolute Gasteiger partial charge is 0.481 e. The van der Waals surface area contributed by atoms with Crippen molar-refractivity contribution in [3.63, 3.8) is 0 Å². The van der Waals surface area contributed by atoms with Gasteiger partial charge in [-0.3, -0.25) is 23.7 Å². The molecule has 2 aromatic heterocycles. The van der Waals surface area contributed by atoms with Crippen molar-refractivity contribution in [2.75, 3.05) is 35.7 Å². The number of nitrogens with one attached hydrogen (secondary N) is 3. The second-order valence-electron chi connectivity index (χ2n) is 12.5. The van der Waals surface area contributed by atoms with Gasteiger partial charge in [0.05, 0.1) is 30.9 Å². The second kappa shape index (κ2) is 14.8. The first kappa shape index (κ1) is 38.8. The number of urea groups is 1. The molecule has 0 bridgehead atoms. The minimum atomic E-state index is -5.53. The maximum atomic E-state index is 12.6. The molecule has 2 unspecified atom stereocenters. The molecular weight excluding hydrogens is 752 g/mol. The van der Waals surface area contributed by atoms with Crippen molar-refractivity contribution >= 4 is 55.9 Å². The Kier molecular flexibility index (Phi) is 10.8. The third-order valence-electron chi connectivity index (χ3n) is 8.87. The summed E-state index contributed by atoms with van der Waals surface area (Å²) in [7, 11) is -11.0. The molecule has 2 saturated heterocycles. The van der Waals surface area contributed by atoms with E-state index in [9.17, 15) is 54.0 Å². The number of carbonyl (C=O) groups is 2. The topological polar surface area (TPSA) is 356 Å². The Labute approximate surface area is 298 Å². The standard InChI is InChI=1S/C27H37N9O15P2/c1-10-3-12-13(4-11(10)2)35(24-18(32-12)25(42)34-27(43)33-24)5-14(37)19(39)15(38)6-48-52(44,45)51-53(46,47)49-7-16-20(40)21(41)26(50-16)36-9-31-17-22(28)29-8-30-23(17)36/h3-4,8-9,14-16,18-21,24,26,32,37-41H,5-7H2,1-2H3,(H,44,45)(H,46,47)(H2,28,29,30)(H2,33,34,42,43)/t14-,15+,16+,18-,19-,20+,21+,24+,26+/m0/s1. The minimum absolute atomic E-state index is 0.0331. The molecule has 26 heteroatoms. The Morgan fingerprint density at radius 2 is 1.68 bits per heavy atom. The summed E-state index contributed by atoms with van der Waals surface area (Å²) in [6, 6.07) is 1.68. The van der Waals surface area contributed by atoms with Gasteiger partial charge in [-0.2, -0.15) is 4.31 Å². The average molecular weight is 790 g/mol. The Morgan fingerprint density at radius 1 is 0.981 bits per heavy atom. The quantitative estimate of drug-likeness (QED) is 0.0794. The van der Waals surface area contributed by atoms with E-state index in [1.165, 1.54) is 15.8 Å². The summed E-state index contributed by atoms with van der Waals surface area (Å²) >= 11 is 0. The Hall–Kier alpha value is -3.87. The third-order valence-corrected chi connectivity index (χ3v) is 11.5. The molecule has 11 atom stereocenters. The molecule has 1 aromatic carbocycles. The molecule has 53 heavy (non-hydrogen) atoms. The maximum absolute atomic E-state index is 12.6. The summed E-state index contributed by atoms with van der Waals surface area (Å²) in [6.45, 7) is 1.02. The number of aryl methyl sites for hydroxylation is 2. The SMILES string of the molecule is Cc1cc2c(cc1C)N(C[C@H](O)[C@H](O)[C@H](O)COP(=O)(O)OP(=O)(O)OC[C@H]1O[C@@H](n3cnc4c(N)ncnc43)[C@H](O)[C@@H]1O)[C@H]1NC(=O)NC(=O)[C@H]1N2. The van der Waals surface area contributed by atoms with Crippen LogP contribution in [0.1, 0.15) is 17.4 Å². The highest BCUT2D eigenvalue weighted by Crippen LogP contribution is 2.60. The number of carbonyl (C=O) groups excluding carboxylic acids is 2. The van der Waals surface area contributed by atoms with Crippen LogP contribution >= 0.6 is 15.6 Å². The van der Waals surface area contributed by atoms with Gasteiger partial charge in [-0.05, 0) is 37.1 Å². The summed E-state index contributed by atoms with van der Waals surface area (Å²) in [6.07, 6.45) is -10.8. The lowest BCUT2D eigenvalue weighted by Gasteiger charge is -2.47. The van der Waals surface area contributed by atoms with Crippen molar-refractivity contribution in [1.29, 1.82) is 0 Å². The lowest BCUT2D eigenvalue weighted by molar-refractivity contribution is -0.122. The van der Waals surface area contributed by atoms with Gasteiger partial charge in [-0.25, -0.2) is 28.9 Å². The van der Waals surface area contributed by atoms with Crippen LogP contribution in [0.15, 0.2) is 24.8 Å². The molecule has 6 rings (SSSR count). The molecule has 0 saturated carbocycles. The van der Waals surface area contributed by atoms with E-state index in [1.54, 1.807) is 12.1 Å². The van der Waals surface area contributed by atoms with Crippen LogP contribution in [0.2, 0.25) is 0 Å². The summed E-state index contributed by atoms with van der Waals surface area (Å²) in [4.78, 5) is 58.2. The zero-order valence-corrected chi connectivity index (χ0v) is 29.5. The number of imide groups is 1. The normalized spacial score (nSPS) is 28.1. The van der Waals surface area contributed by atoms with Gasteiger partial charge in [0.1, 0.15) is 60.7 Å². The van der Waals surface area contributed by atoms with Crippen molar-refractivity contribution < 1.29 is 72.1 Å². The summed E-state index contributed by atoms with van der Waals surface area (Å²) in [5.41, 5.74) is 8.71. The lowest BCUT2D eigenvalue weighted by Crippen LogP contribution is -2.71. The number of amides is 3. The number of nitrogens with zero attached hydrogens (tertiary/aromatic N) is 5. The highest BCUT2D eigenvalue weighted by Gasteiger charge is 2.47. The number of benzene rings is 1. The first-order valence-corrected chi connectivity index (χ1v) is 18.8. The molecule has 3 aromatic rings. The van der Waals surface area contributed by atoms with Crippen LogP contribution in [0.3, 0.4) is 0 Å². The van der Waals surface area contributed by atoms with E-state index >= 15 is 0 Å². The molecule has 5 heterocycles. The highest BCUT2D eigenvalue weighted by molar-refractivity contribution is 7.61. The number of aromatic nitrogens is 4. The molecule has 12 N–H and O–H groups in total. The fraction of sp³-hybridized carbons (Fsp3) is 0.519. The van der Waals surface area contributed by atoms with Crippen LogP contribution in [0, 0.1) is 13.8 Å². The zero-order chi connectivity index (χ0) is 38.6. The fourth-order valence-electron chi connectivity index (χ4n) is 6.01. The summed E-state index contributed by atoms with van der Waals surface area (Å²) in [5, 5.41) is 60.9. The zero-order valence-electron chi connectivity index (χ0n) is 27.7. The van der Waals surface area contributed by atoms with Crippen molar-refractivity contribution in [3.8, 4) is 0 Å². The minimum Gasteiger partial charge on any atom is -0.388 e. The number of aliphatic hydroxyl groups is 5. The average Bonchev–Trinajstić information content (AvgIpc) is 3.63. The number of aliphatic hydroxyl groups excluding tert-OH is 5. The van der Waals surface area contributed by atoms with Crippen molar-refractivity contribution in [3.05, 3.63) is 35.9 Å². The van der Waals surface area contributed by atoms with E-state index in [1.807, 2.05) is 13.8 Å². The van der Waals surface area contributed by atoms with Crippen LogP contribution in [0.25, 0.3) is 11.2 Å². The number of anilines is 3. The van der Waals surface area contributed by atoms with Crippen molar-refractivity contribution in [2.24, 2.45) is 0 Å². The molecule has 3 aliphatic rings. The molecule has 0 spiro atoms. The number of β-amino-alcohol motifs (C(OH)–C–C–N with tert-alkyl or cyclic N) is 1. The van der Waals surface area contributed by atoms with E-state index in [2.05, 4.69) is 39.7 Å². The van der Waals surface area contributed by atoms with Crippen LogP contribution in [-0.2, 0) is 32.0 Å². The molecule has 0 aliphatic carbocycles.